The third-order valence-corrected chi connectivity index (χ3v) is 8.67. The van der Waals surface area contributed by atoms with Crippen LogP contribution in [0.15, 0.2) is 48.8 Å². The molecule has 5 rings (SSSR count). The van der Waals surface area contributed by atoms with Gasteiger partial charge in [-0.1, -0.05) is 0 Å². The van der Waals surface area contributed by atoms with E-state index in [2.05, 4.69) is 15.0 Å². The van der Waals surface area contributed by atoms with Crippen LogP contribution in [0.1, 0.15) is 59.6 Å². The van der Waals surface area contributed by atoms with Crippen molar-refractivity contribution in [1.82, 2.24) is 15.0 Å². The molecular formula is C33H36F5N5O5. The Hall–Kier alpha value is -4.56. The van der Waals surface area contributed by atoms with E-state index in [1.54, 1.807) is 18.3 Å². The zero-order valence-corrected chi connectivity index (χ0v) is 26.4. The number of amides is 1. The van der Waals surface area contributed by atoms with Gasteiger partial charge in [0.15, 0.2) is 0 Å². The quantitative estimate of drug-likeness (QED) is 0.208. The first kappa shape index (κ1) is 34.8. The largest absolute Gasteiger partial charge is 0.497 e. The van der Waals surface area contributed by atoms with Gasteiger partial charge in [-0.3, -0.25) is 14.5 Å². The summed E-state index contributed by atoms with van der Waals surface area (Å²) in [6.45, 7) is 0.691. The van der Waals surface area contributed by atoms with Gasteiger partial charge < -0.3 is 19.5 Å². The van der Waals surface area contributed by atoms with Crippen LogP contribution >= 0.6 is 0 Å². The van der Waals surface area contributed by atoms with Crippen LogP contribution in [0, 0.1) is 18.8 Å². The molecule has 0 radical (unpaired) electrons. The molecule has 1 unspecified atom stereocenters. The number of hydrogen-bond acceptors (Lipinski definition) is 8. The van der Waals surface area contributed by atoms with Crippen molar-refractivity contribution in [1.29, 1.82) is 0 Å². The molecule has 10 nitrogen and oxygen atoms in total. The summed E-state index contributed by atoms with van der Waals surface area (Å²) in [6, 6.07) is 9.35. The lowest BCUT2D eigenvalue weighted by Crippen LogP contribution is -2.50. The Bertz CT molecular complexity index is 1610. The lowest BCUT2D eigenvalue weighted by molar-refractivity contribution is -0.276. The van der Waals surface area contributed by atoms with Crippen LogP contribution in [-0.2, 0) is 4.79 Å². The highest BCUT2D eigenvalue weighted by atomic mass is 19.4. The number of ether oxygens (including phenoxy) is 2. The number of aliphatic carboxylic acids is 1. The normalized spacial score (nSPS) is 16.4. The molecule has 1 N–H and O–H groups in total. The molecule has 3 heterocycles. The zero-order valence-electron chi connectivity index (χ0n) is 26.4. The molecule has 0 spiro atoms. The molecule has 1 aliphatic heterocycles. The van der Waals surface area contributed by atoms with Crippen molar-refractivity contribution in [3.8, 4) is 11.6 Å². The average Bonchev–Trinajstić information content (AvgIpc) is 3.90. The number of carboxylic acids is 1. The van der Waals surface area contributed by atoms with E-state index in [4.69, 9.17) is 9.47 Å². The fourth-order valence-electron chi connectivity index (χ4n) is 5.84. The van der Waals surface area contributed by atoms with Crippen molar-refractivity contribution >= 4 is 23.5 Å². The van der Waals surface area contributed by atoms with Crippen molar-refractivity contribution in [2.75, 3.05) is 43.2 Å². The molecule has 2 aliphatic rings. The predicted molar refractivity (Wildman–Crippen MR) is 165 cm³/mol. The number of methoxy groups -OCH3 is 1. The van der Waals surface area contributed by atoms with E-state index in [1.165, 1.54) is 38.4 Å². The van der Waals surface area contributed by atoms with E-state index in [1.807, 2.05) is 11.0 Å². The van der Waals surface area contributed by atoms with Crippen molar-refractivity contribution in [3.05, 3.63) is 65.6 Å². The maximum Gasteiger partial charge on any atom is 0.455 e. The van der Waals surface area contributed by atoms with Crippen LogP contribution in [0.3, 0.4) is 0 Å². The molecule has 0 bridgehead atoms. The molecule has 2 aromatic heterocycles. The number of piperidine rings is 1. The topological polar surface area (TPSA) is 118 Å². The van der Waals surface area contributed by atoms with E-state index in [-0.39, 0.29) is 34.4 Å². The minimum atomic E-state index is -5.91. The number of carbonyl (C=O) groups is 2. The molecule has 1 aromatic carbocycles. The van der Waals surface area contributed by atoms with E-state index >= 15 is 0 Å². The molecule has 1 amide bonds. The zero-order chi connectivity index (χ0) is 34.6. The summed E-state index contributed by atoms with van der Waals surface area (Å²) in [5.74, 6) is -6.67. The third kappa shape index (κ3) is 8.29. The van der Waals surface area contributed by atoms with Gasteiger partial charge in [0.1, 0.15) is 12.3 Å². The number of alkyl halides is 5. The van der Waals surface area contributed by atoms with Gasteiger partial charge in [0.2, 0.25) is 11.8 Å². The van der Waals surface area contributed by atoms with Crippen LogP contribution in [0.4, 0.5) is 33.6 Å². The third-order valence-electron chi connectivity index (χ3n) is 8.67. The molecular weight excluding hydrogens is 641 g/mol. The number of aryl methyl sites for hydroxylation is 1. The molecule has 1 saturated carbocycles. The van der Waals surface area contributed by atoms with Gasteiger partial charge >= 0.3 is 18.1 Å². The van der Waals surface area contributed by atoms with Crippen LogP contribution in [-0.4, -0.2) is 77.4 Å². The summed E-state index contributed by atoms with van der Waals surface area (Å²) in [5, 5.41) is 9.35. The first-order valence-corrected chi connectivity index (χ1v) is 15.6. The Morgan fingerprint density at radius 3 is 2.35 bits per heavy atom. The van der Waals surface area contributed by atoms with Gasteiger partial charge in [0, 0.05) is 43.3 Å². The summed E-state index contributed by atoms with van der Waals surface area (Å²) in [6.07, 6.45) is 0.148. The minimum absolute atomic E-state index is 0.0435. The second-order valence-corrected chi connectivity index (χ2v) is 12.2. The maximum atomic E-state index is 14.4. The second kappa shape index (κ2) is 14.3. The molecule has 15 heteroatoms. The van der Waals surface area contributed by atoms with Gasteiger partial charge in [-0.2, -0.15) is 22.0 Å². The number of nitrogens with zero attached hydrogens (tertiary/aromatic N) is 5. The first-order valence-electron chi connectivity index (χ1n) is 15.6. The molecule has 1 aliphatic carbocycles. The monoisotopic (exact) mass is 677 g/mol. The van der Waals surface area contributed by atoms with Gasteiger partial charge in [-0.05, 0) is 80.2 Å². The SMILES string of the molecule is COc1ccc(C(=O)N(CC(F)(F)C(F)(F)F)c2nccc(C)n2)c(N2CCC(COc3cc(C(CC(=O)O)C4CC4)ccn3)CC2)c1. The molecule has 48 heavy (non-hydrogen) atoms. The summed E-state index contributed by atoms with van der Waals surface area (Å²) in [7, 11) is 1.42. The summed E-state index contributed by atoms with van der Waals surface area (Å²) in [5.41, 5.74) is 1.36. The number of aromatic nitrogens is 3. The van der Waals surface area contributed by atoms with Gasteiger partial charge in [0.25, 0.3) is 5.91 Å². The van der Waals surface area contributed by atoms with E-state index in [0.29, 0.717) is 55.8 Å². The fourth-order valence-corrected chi connectivity index (χ4v) is 5.84. The Kier molecular flexibility index (Phi) is 10.3. The van der Waals surface area contributed by atoms with Crippen LogP contribution in [0.5, 0.6) is 11.6 Å². The lowest BCUT2D eigenvalue weighted by atomic mass is 9.92. The van der Waals surface area contributed by atoms with Gasteiger partial charge in [-0.25, -0.2) is 15.0 Å². The summed E-state index contributed by atoms with van der Waals surface area (Å²) < 4.78 is 79.9. The number of carbonyl (C=O) groups excluding carboxylic acids is 1. The first-order chi connectivity index (χ1) is 22.8. The van der Waals surface area contributed by atoms with Crippen LogP contribution < -0.4 is 19.3 Å². The number of anilines is 2. The molecule has 2 fully saturated rings. The molecule has 1 atom stereocenters. The van der Waals surface area contributed by atoms with Crippen molar-refractivity contribution in [2.45, 2.75) is 57.0 Å². The highest BCUT2D eigenvalue weighted by Gasteiger charge is 2.59. The highest BCUT2D eigenvalue weighted by Crippen LogP contribution is 2.45. The Morgan fingerprint density at radius 1 is 1.02 bits per heavy atom. The van der Waals surface area contributed by atoms with Crippen LogP contribution in [0.2, 0.25) is 0 Å². The smallest absolute Gasteiger partial charge is 0.455 e. The number of benzene rings is 1. The summed E-state index contributed by atoms with van der Waals surface area (Å²) >= 11 is 0. The number of rotatable bonds is 13. The number of pyridine rings is 1. The number of carboxylic acid groups (broad SMARTS) is 1. The Morgan fingerprint density at radius 2 is 1.73 bits per heavy atom. The Labute approximate surface area is 273 Å². The molecule has 1 saturated heterocycles. The number of halogens is 5. The average molecular weight is 678 g/mol. The number of hydrogen-bond donors (Lipinski definition) is 1. The highest BCUT2D eigenvalue weighted by molar-refractivity contribution is 6.09. The van der Waals surface area contributed by atoms with Gasteiger partial charge in [-0.15, -0.1) is 0 Å². The standard InChI is InChI=1S/C33H36F5N5O5/c1-20-7-11-40-31(41-20)43(19-32(34,35)33(36,37)38)30(46)25-6-5-24(47-2)16-27(25)42-13-9-21(10-14-42)18-48-28-15-23(8-12-39-28)26(17-29(44)45)22-3-4-22/h5-8,11-12,15-16,21-22,26H,3-4,9-10,13-14,17-19H2,1-2H3,(H,44,45). The summed E-state index contributed by atoms with van der Waals surface area (Å²) in [4.78, 5) is 39.5. The molecule has 258 valence electrons. The fraction of sp³-hybridized carbons (Fsp3) is 0.485. The Balaban J connectivity index is 1.31. The second-order valence-electron chi connectivity index (χ2n) is 12.2. The van der Waals surface area contributed by atoms with Crippen LogP contribution in [0.25, 0.3) is 0 Å². The lowest BCUT2D eigenvalue weighted by Gasteiger charge is -2.35. The van der Waals surface area contributed by atoms with Crippen molar-refractivity contribution < 1.29 is 46.1 Å². The predicted octanol–water partition coefficient (Wildman–Crippen LogP) is 6.30. The molecule has 3 aromatic rings. The van der Waals surface area contributed by atoms with Crippen molar-refractivity contribution in [2.24, 2.45) is 11.8 Å². The van der Waals surface area contributed by atoms with E-state index in [0.717, 1.165) is 18.4 Å². The minimum Gasteiger partial charge on any atom is -0.497 e. The maximum absolute atomic E-state index is 14.4. The van der Waals surface area contributed by atoms with E-state index in [9.17, 15) is 36.6 Å². The van der Waals surface area contributed by atoms with Crippen molar-refractivity contribution in [3.63, 3.8) is 0 Å². The van der Waals surface area contributed by atoms with E-state index < -0.39 is 36.5 Å². The van der Waals surface area contributed by atoms with Gasteiger partial charge in [0.05, 0.1) is 31.4 Å².